The van der Waals surface area contributed by atoms with E-state index in [2.05, 4.69) is 17.9 Å². The fourth-order valence-corrected chi connectivity index (χ4v) is 2.01. The Kier molecular flexibility index (Phi) is 4.11. The van der Waals surface area contributed by atoms with E-state index in [1.54, 1.807) is 24.4 Å². The van der Waals surface area contributed by atoms with Crippen LogP contribution in [0.25, 0.3) is 0 Å². The van der Waals surface area contributed by atoms with Crippen LogP contribution >= 0.6 is 12.8 Å². The molecule has 0 fully saturated rings. The van der Waals surface area contributed by atoms with Crippen molar-refractivity contribution in [3.63, 3.8) is 0 Å². The van der Waals surface area contributed by atoms with Crippen LogP contribution in [0.5, 0.6) is 5.88 Å². The summed E-state index contributed by atoms with van der Waals surface area (Å²) in [5, 5.41) is 13.2. The second-order valence-electron chi connectivity index (χ2n) is 3.96. The molecule has 1 N–H and O–H groups in total. The summed E-state index contributed by atoms with van der Waals surface area (Å²) in [5.74, 6) is -0.536. The van der Waals surface area contributed by atoms with E-state index in [4.69, 9.17) is 4.74 Å². The van der Waals surface area contributed by atoms with Gasteiger partial charge in [-0.1, -0.05) is 19.1 Å². The monoisotopic (exact) mass is 278 g/mol. The normalized spacial score (nSPS) is 10.4. The number of thiol groups is 1. The molecule has 1 aromatic heterocycles. The van der Waals surface area contributed by atoms with Crippen molar-refractivity contribution in [3.05, 3.63) is 47.2 Å². The molecular formula is C13H14N2O3S. The molecule has 0 radical (unpaired) electrons. The van der Waals surface area contributed by atoms with E-state index >= 15 is 0 Å². The number of benzene rings is 1. The average molecular weight is 278 g/mol. The van der Waals surface area contributed by atoms with Gasteiger partial charge in [0.25, 0.3) is 0 Å². The Morgan fingerprint density at radius 3 is 2.84 bits per heavy atom. The zero-order valence-electron chi connectivity index (χ0n) is 10.4. The second-order valence-corrected chi connectivity index (χ2v) is 4.37. The van der Waals surface area contributed by atoms with E-state index in [-0.39, 0.29) is 12.2 Å². The number of ether oxygens (including phenoxy) is 1. The van der Waals surface area contributed by atoms with Crippen LogP contribution in [0.2, 0.25) is 0 Å². The van der Waals surface area contributed by atoms with Crippen molar-refractivity contribution in [1.82, 2.24) is 9.19 Å². The van der Waals surface area contributed by atoms with Gasteiger partial charge in [0.15, 0.2) is 0 Å². The molecule has 100 valence electrons. The zero-order chi connectivity index (χ0) is 13.8. The number of nitrogens with zero attached hydrogens (tertiary/aromatic N) is 2. The minimum Gasteiger partial charge on any atom is -0.478 e. The number of hydrogen-bond acceptors (Lipinski definition) is 4. The molecule has 2 rings (SSSR count). The van der Waals surface area contributed by atoms with Crippen molar-refractivity contribution in [3.8, 4) is 5.88 Å². The molecule has 0 aliphatic carbocycles. The summed E-state index contributed by atoms with van der Waals surface area (Å²) in [6, 6.07) is 6.90. The molecule has 2 aromatic rings. The van der Waals surface area contributed by atoms with E-state index in [0.29, 0.717) is 11.4 Å². The molecule has 0 unspecified atom stereocenters. The van der Waals surface area contributed by atoms with Crippen molar-refractivity contribution in [1.29, 1.82) is 0 Å². The first kappa shape index (κ1) is 13.5. The first-order chi connectivity index (χ1) is 9.11. The molecule has 0 atom stereocenters. The van der Waals surface area contributed by atoms with Gasteiger partial charge in [-0.25, -0.2) is 8.88 Å². The average Bonchev–Trinajstić information content (AvgIpc) is 2.81. The highest BCUT2D eigenvalue weighted by molar-refractivity contribution is 7.78. The van der Waals surface area contributed by atoms with Crippen LogP contribution in [0.1, 0.15) is 28.4 Å². The Balaban J connectivity index is 2.25. The number of hydrogen-bond donors (Lipinski definition) is 2. The van der Waals surface area contributed by atoms with Crippen molar-refractivity contribution in [2.45, 2.75) is 20.0 Å². The van der Waals surface area contributed by atoms with E-state index in [1.807, 2.05) is 13.0 Å². The SMILES string of the molecule is CCc1cccc(C(=O)O)c1COc1ccn(S)n1. The third-order valence-electron chi connectivity index (χ3n) is 2.80. The molecule has 1 aromatic carbocycles. The Hall–Kier alpha value is -1.95. The smallest absolute Gasteiger partial charge is 0.336 e. The van der Waals surface area contributed by atoms with Gasteiger partial charge in [-0.2, -0.15) is 0 Å². The number of carboxylic acid groups (broad SMARTS) is 1. The van der Waals surface area contributed by atoms with Gasteiger partial charge in [-0.15, -0.1) is 5.10 Å². The highest BCUT2D eigenvalue weighted by Crippen LogP contribution is 2.18. The molecule has 1 heterocycles. The van der Waals surface area contributed by atoms with Crippen molar-refractivity contribution in [2.24, 2.45) is 0 Å². The van der Waals surface area contributed by atoms with Crippen LogP contribution in [-0.4, -0.2) is 20.3 Å². The van der Waals surface area contributed by atoms with Gasteiger partial charge in [0.05, 0.1) is 5.56 Å². The number of aromatic carboxylic acids is 1. The fraction of sp³-hybridized carbons (Fsp3) is 0.231. The van der Waals surface area contributed by atoms with Crippen LogP contribution in [-0.2, 0) is 13.0 Å². The minimum atomic E-state index is -0.950. The number of rotatable bonds is 5. The zero-order valence-corrected chi connectivity index (χ0v) is 11.3. The van der Waals surface area contributed by atoms with Crippen LogP contribution in [0.15, 0.2) is 30.5 Å². The molecule has 0 bridgehead atoms. The van der Waals surface area contributed by atoms with Crippen LogP contribution < -0.4 is 4.74 Å². The Labute approximate surface area is 116 Å². The number of carbonyl (C=O) groups is 1. The predicted octanol–water partition coefficient (Wildman–Crippen LogP) is 2.42. The summed E-state index contributed by atoms with van der Waals surface area (Å²) in [7, 11) is 0. The maximum absolute atomic E-state index is 11.2. The van der Waals surface area contributed by atoms with Gasteiger partial charge in [0.1, 0.15) is 6.61 Å². The maximum atomic E-state index is 11.2. The summed E-state index contributed by atoms with van der Waals surface area (Å²) < 4.78 is 6.83. The van der Waals surface area contributed by atoms with Crippen LogP contribution in [0.3, 0.4) is 0 Å². The van der Waals surface area contributed by atoms with E-state index < -0.39 is 5.97 Å². The number of carboxylic acids is 1. The highest BCUT2D eigenvalue weighted by atomic mass is 32.1. The molecule has 0 aliphatic rings. The molecule has 0 aliphatic heterocycles. The van der Waals surface area contributed by atoms with Crippen LogP contribution in [0, 0.1) is 0 Å². The third-order valence-corrected chi connectivity index (χ3v) is 3.02. The summed E-state index contributed by atoms with van der Waals surface area (Å²) in [6.45, 7) is 2.16. The fourth-order valence-electron chi connectivity index (χ4n) is 1.86. The largest absolute Gasteiger partial charge is 0.478 e. The molecule has 0 spiro atoms. The van der Waals surface area contributed by atoms with Gasteiger partial charge in [0.2, 0.25) is 5.88 Å². The topological polar surface area (TPSA) is 64.3 Å². The lowest BCUT2D eigenvalue weighted by Gasteiger charge is -2.11. The molecule has 0 saturated heterocycles. The molecule has 5 nitrogen and oxygen atoms in total. The van der Waals surface area contributed by atoms with Gasteiger partial charge in [-0.05, 0) is 30.9 Å². The van der Waals surface area contributed by atoms with Gasteiger partial charge in [-0.3, -0.25) is 0 Å². The van der Waals surface area contributed by atoms with E-state index in [1.165, 1.54) is 4.09 Å². The van der Waals surface area contributed by atoms with Crippen molar-refractivity contribution < 1.29 is 14.6 Å². The lowest BCUT2D eigenvalue weighted by Crippen LogP contribution is -2.09. The summed E-state index contributed by atoms with van der Waals surface area (Å²) in [5.41, 5.74) is 1.92. The molecule has 0 saturated carbocycles. The van der Waals surface area contributed by atoms with E-state index in [0.717, 1.165) is 12.0 Å². The van der Waals surface area contributed by atoms with E-state index in [9.17, 15) is 9.90 Å². The first-order valence-electron chi connectivity index (χ1n) is 5.83. The second kappa shape index (κ2) is 5.79. The quantitative estimate of drug-likeness (QED) is 0.824. The summed E-state index contributed by atoms with van der Waals surface area (Å²) >= 11 is 4.01. The minimum absolute atomic E-state index is 0.177. The standard InChI is InChI=1S/C13H14N2O3S/c1-2-9-4-3-5-10(13(16)17)11(9)8-18-12-6-7-15(19)14-12/h3-7,19H,2,8H2,1H3,(H,16,17). The van der Waals surface area contributed by atoms with Crippen LogP contribution in [0.4, 0.5) is 0 Å². The molecule has 0 amide bonds. The van der Waals surface area contributed by atoms with Gasteiger partial charge in [0, 0.05) is 17.8 Å². The van der Waals surface area contributed by atoms with Gasteiger partial charge < -0.3 is 9.84 Å². The molecular weight excluding hydrogens is 264 g/mol. The maximum Gasteiger partial charge on any atom is 0.336 e. The molecule has 19 heavy (non-hydrogen) atoms. The van der Waals surface area contributed by atoms with Gasteiger partial charge >= 0.3 is 5.97 Å². The third kappa shape index (κ3) is 3.08. The van der Waals surface area contributed by atoms with Crippen molar-refractivity contribution >= 4 is 18.8 Å². The summed E-state index contributed by atoms with van der Waals surface area (Å²) in [6.07, 6.45) is 2.39. The Morgan fingerprint density at radius 2 is 2.26 bits per heavy atom. The summed E-state index contributed by atoms with van der Waals surface area (Å²) in [4.78, 5) is 11.2. The first-order valence-corrected chi connectivity index (χ1v) is 6.23. The Morgan fingerprint density at radius 1 is 1.47 bits per heavy atom. The van der Waals surface area contributed by atoms with Crippen molar-refractivity contribution in [2.75, 3.05) is 0 Å². The Bertz CT molecular complexity index is 595. The predicted molar refractivity (Wildman–Crippen MR) is 73.7 cm³/mol. The number of aryl methyl sites for hydroxylation is 1. The highest BCUT2D eigenvalue weighted by Gasteiger charge is 2.14. The lowest BCUT2D eigenvalue weighted by atomic mass is 10.00. The number of aromatic nitrogens is 2. The lowest BCUT2D eigenvalue weighted by molar-refractivity contribution is 0.0693. The molecule has 6 heteroatoms.